The molecule has 0 aliphatic carbocycles. The molecule has 174 valence electrons. The highest BCUT2D eigenvalue weighted by molar-refractivity contribution is 6.19. The highest BCUT2D eigenvalue weighted by Gasteiger charge is 2.42. The molecular formula is C27H27N3O4. The standard InChI is InChI=1S/C27H27N3O4/c1-2-34-23-13-12-19-8-6-7-11-22(19)25(23)26(32)28-16-14-20(15-17-28)29-18-24(31)30(27(29)33)21-9-4-3-5-10-21/h3-13,20H,2,14-18H2,1H3. The number of imide groups is 1. The number of hydrogen-bond acceptors (Lipinski definition) is 4. The number of carbonyl (C=O) groups is 3. The first-order valence-corrected chi connectivity index (χ1v) is 11.7. The van der Waals surface area contributed by atoms with E-state index in [1.807, 2.05) is 66.4 Å². The van der Waals surface area contributed by atoms with Crippen molar-refractivity contribution >= 4 is 34.3 Å². The van der Waals surface area contributed by atoms with E-state index in [0.29, 0.717) is 49.5 Å². The van der Waals surface area contributed by atoms with Crippen molar-refractivity contribution in [2.45, 2.75) is 25.8 Å². The highest BCUT2D eigenvalue weighted by Crippen LogP contribution is 2.32. The first-order valence-electron chi connectivity index (χ1n) is 11.7. The van der Waals surface area contributed by atoms with Crippen molar-refractivity contribution < 1.29 is 19.1 Å². The summed E-state index contributed by atoms with van der Waals surface area (Å²) in [6.45, 7) is 3.49. The molecule has 2 aliphatic rings. The van der Waals surface area contributed by atoms with Crippen LogP contribution in [0, 0.1) is 0 Å². The molecule has 2 heterocycles. The van der Waals surface area contributed by atoms with Crippen LogP contribution in [-0.2, 0) is 4.79 Å². The molecule has 5 rings (SSSR count). The van der Waals surface area contributed by atoms with E-state index >= 15 is 0 Å². The Kier molecular flexibility index (Phi) is 5.92. The van der Waals surface area contributed by atoms with Crippen LogP contribution in [0.1, 0.15) is 30.1 Å². The lowest BCUT2D eigenvalue weighted by Crippen LogP contribution is -2.48. The fourth-order valence-electron chi connectivity index (χ4n) is 4.92. The average molecular weight is 458 g/mol. The topological polar surface area (TPSA) is 70.2 Å². The highest BCUT2D eigenvalue weighted by atomic mass is 16.5. The lowest BCUT2D eigenvalue weighted by atomic mass is 9.99. The summed E-state index contributed by atoms with van der Waals surface area (Å²) in [6, 6.07) is 20.3. The van der Waals surface area contributed by atoms with Crippen molar-refractivity contribution in [3.63, 3.8) is 0 Å². The van der Waals surface area contributed by atoms with E-state index in [1.165, 1.54) is 4.90 Å². The molecule has 0 N–H and O–H groups in total. The van der Waals surface area contributed by atoms with Gasteiger partial charge in [-0.2, -0.15) is 0 Å². The number of carbonyl (C=O) groups excluding carboxylic acids is 3. The number of anilines is 1. The molecule has 7 nitrogen and oxygen atoms in total. The SMILES string of the molecule is CCOc1ccc2ccccc2c1C(=O)N1CCC(N2CC(=O)N(c3ccccc3)C2=O)CC1. The van der Waals surface area contributed by atoms with Crippen LogP contribution in [0.3, 0.4) is 0 Å². The number of piperidine rings is 1. The molecule has 0 bridgehead atoms. The van der Waals surface area contributed by atoms with E-state index in [2.05, 4.69) is 0 Å². The van der Waals surface area contributed by atoms with Gasteiger partial charge in [0, 0.05) is 19.1 Å². The molecule has 3 aromatic carbocycles. The summed E-state index contributed by atoms with van der Waals surface area (Å²) in [7, 11) is 0. The van der Waals surface area contributed by atoms with Gasteiger partial charge in [0.1, 0.15) is 12.3 Å². The first-order chi connectivity index (χ1) is 16.6. The molecule has 0 atom stereocenters. The Bertz CT molecular complexity index is 1240. The van der Waals surface area contributed by atoms with Gasteiger partial charge in [-0.1, -0.05) is 48.5 Å². The van der Waals surface area contributed by atoms with Crippen LogP contribution in [0.5, 0.6) is 5.75 Å². The van der Waals surface area contributed by atoms with E-state index in [0.717, 1.165) is 10.8 Å². The predicted molar refractivity (Wildman–Crippen MR) is 130 cm³/mol. The molecule has 3 aromatic rings. The summed E-state index contributed by atoms with van der Waals surface area (Å²) in [5.74, 6) is 0.312. The normalized spacial score (nSPS) is 17.0. The average Bonchev–Trinajstić information content (AvgIpc) is 3.18. The first kappa shape index (κ1) is 21.9. The van der Waals surface area contributed by atoms with Crippen LogP contribution in [0.4, 0.5) is 10.5 Å². The second-order valence-corrected chi connectivity index (χ2v) is 8.59. The number of benzene rings is 3. The summed E-state index contributed by atoms with van der Waals surface area (Å²) in [5.41, 5.74) is 1.17. The molecule has 7 heteroatoms. The molecular weight excluding hydrogens is 430 g/mol. The van der Waals surface area contributed by atoms with Crippen molar-refractivity contribution in [3.05, 3.63) is 72.3 Å². The van der Waals surface area contributed by atoms with E-state index in [9.17, 15) is 14.4 Å². The number of para-hydroxylation sites is 1. The van der Waals surface area contributed by atoms with Crippen molar-refractivity contribution in [1.29, 1.82) is 0 Å². The number of fused-ring (bicyclic) bond motifs is 1. The molecule has 34 heavy (non-hydrogen) atoms. The van der Waals surface area contributed by atoms with Crippen LogP contribution in [0.15, 0.2) is 66.7 Å². The van der Waals surface area contributed by atoms with Gasteiger partial charge in [-0.3, -0.25) is 9.59 Å². The monoisotopic (exact) mass is 457 g/mol. The number of urea groups is 1. The van der Waals surface area contributed by atoms with Crippen LogP contribution in [0.2, 0.25) is 0 Å². The Labute approximate surface area is 198 Å². The maximum absolute atomic E-state index is 13.6. The zero-order valence-electron chi connectivity index (χ0n) is 19.1. The molecule has 0 radical (unpaired) electrons. The summed E-state index contributed by atoms with van der Waals surface area (Å²) < 4.78 is 5.80. The van der Waals surface area contributed by atoms with E-state index in [1.54, 1.807) is 17.0 Å². The number of likely N-dealkylation sites (tertiary alicyclic amines) is 1. The minimum absolute atomic E-state index is 0.0616. The number of hydrogen-bond donors (Lipinski definition) is 0. The zero-order valence-corrected chi connectivity index (χ0v) is 19.1. The molecule has 2 fully saturated rings. The van der Waals surface area contributed by atoms with Gasteiger partial charge in [-0.25, -0.2) is 9.69 Å². The molecule has 0 spiro atoms. The fraction of sp³-hybridized carbons (Fsp3) is 0.296. The zero-order chi connectivity index (χ0) is 23.7. The minimum atomic E-state index is -0.284. The number of ether oxygens (including phenoxy) is 1. The van der Waals surface area contributed by atoms with Gasteiger partial charge in [0.05, 0.1) is 17.9 Å². The van der Waals surface area contributed by atoms with Crippen LogP contribution >= 0.6 is 0 Å². The molecule has 0 saturated carbocycles. The van der Waals surface area contributed by atoms with Gasteiger partial charge >= 0.3 is 6.03 Å². The third kappa shape index (κ3) is 3.87. The van der Waals surface area contributed by atoms with E-state index < -0.39 is 0 Å². The fourth-order valence-corrected chi connectivity index (χ4v) is 4.92. The Morgan fingerprint density at radius 2 is 1.65 bits per heavy atom. The molecule has 4 amide bonds. The van der Waals surface area contributed by atoms with Crippen molar-refractivity contribution in [3.8, 4) is 5.75 Å². The Balaban J connectivity index is 1.32. The summed E-state index contributed by atoms with van der Waals surface area (Å²) in [6.07, 6.45) is 1.25. The van der Waals surface area contributed by atoms with Gasteiger partial charge in [-0.15, -0.1) is 0 Å². The van der Waals surface area contributed by atoms with Crippen LogP contribution < -0.4 is 9.64 Å². The van der Waals surface area contributed by atoms with Crippen molar-refractivity contribution in [2.75, 3.05) is 31.1 Å². The summed E-state index contributed by atoms with van der Waals surface area (Å²) >= 11 is 0. The van der Waals surface area contributed by atoms with Gasteiger partial charge < -0.3 is 14.5 Å². The Morgan fingerprint density at radius 3 is 2.38 bits per heavy atom. The molecule has 0 unspecified atom stereocenters. The summed E-state index contributed by atoms with van der Waals surface area (Å²) in [5, 5.41) is 1.87. The number of rotatable bonds is 5. The lowest BCUT2D eigenvalue weighted by molar-refractivity contribution is -0.116. The van der Waals surface area contributed by atoms with Gasteiger partial charge in [-0.05, 0) is 48.7 Å². The predicted octanol–water partition coefficient (Wildman–Crippen LogP) is 4.31. The third-order valence-electron chi connectivity index (χ3n) is 6.60. The van der Waals surface area contributed by atoms with Crippen LogP contribution in [0.25, 0.3) is 10.8 Å². The van der Waals surface area contributed by atoms with Crippen molar-refractivity contribution in [1.82, 2.24) is 9.80 Å². The Morgan fingerprint density at radius 1 is 0.941 bits per heavy atom. The molecule has 2 saturated heterocycles. The lowest BCUT2D eigenvalue weighted by Gasteiger charge is -2.36. The summed E-state index contributed by atoms with van der Waals surface area (Å²) in [4.78, 5) is 44.0. The second kappa shape index (κ2) is 9.17. The van der Waals surface area contributed by atoms with Crippen molar-refractivity contribution in [2.24, 2.45) is 0 Å². The second-order valence-electron chi connectivity index (χ2n) is 8.59. The van der Waals surface area contributed by atoms with Gasteiger partial charge in [0.2, 0.25) is 0 Å². The number of amides is 4. The number of nitrogens with zero attached hydrogens (tertiary/aromatic N) is 3. The van der Waals surface area contributed by atoms with E-state index in [-0.39, 0.29) is 30.4 Å². The van der Waals surface area contributed by atoms with Crippen LogP contribution in [-0.4, -0.2) is 59.9 Å². The quantitative estimate of drug-likeness (QED) is 0.536. The minimum Gasteiger partial charge on any atom is -0.493 e. The van der Waals surface area contributed by atoms with E-state index in [4.69, 9.17) is 4.74 Å². The smallest absolute Gasteiger partial charge is 0.332 e. The largest absolute Gasteiger partial charge is 0.493 e. The maximum Gasteiger partial charge on any atom is 0.332 e. The Hall–Kier alpha value is -3.87. The van der Waals surface area contributed by atoms with Gasteiger partial charge in [0.25, 0.3) is 11.8 Å². The third-order valence-corrected chi connectivity index (χ3v) is 6.60. The molecule has 2 aliphatic heterocycles. The van der Waals surface area contributed by atoms with Gasteiger partial charge in [0.15, 0.2) is 0 Å². The molecule has 0 aromatic heterocycles. The maximum atomic E-state index is 13.6.